The lowest BCUT2D eigenvalue weighted by Gasteiger charge is -2.28. The van der Waals surface area contributed by atoms with Crippen molar-refractivity contribution in [3.63, 3.8) is 0 Å². The van der Waals surface area contributed by atoms with Gasteiger partial charge in [-0.25, -0.2) is 0 Å². The molecule has 0 amide bonds. The molecule has 120 valence electrons. The second-order valence-corrected chi connectivity index (χ2v) is 5.99. The summed E-state index contributed by atoms with van der Waals surface area (Å²) in [6.45, 7) is 0. The molecule has 1 aromatic carbocycles. The van der Waals surface area contributed by atoms with E-state index in [4.69, 9.17) is 4.74 Å². The Bertz CT molecular complexity index is 498. The molecule has 22 heavy (non-hydrogen) atoms. The Balaban J connectivity index is 1.86. The van der Waals surface area contributed by atoms with Gasteiger partial charge in [-0.2, -0.15) is 0 Å². The standard InChI is InChI=1S/C18H24O4/c1-21-17(19)11-13-3-7-15(8-4-13)16-9-5-14(6-10-16)12-18(20)22-2/h3-4,7-8,14,16H,5-6,9-12H2,1-2H3. The zero-order valence-electron chi connectivity index (χ0n) is 13.3. The molecule has 0 aromatic heterocycles. The van der Waals surface area contributed by atoms with Crippen LogP contribution in [0, 0.1) is 5.92 Å². The number of ether oxygens (including phenoxy) is 2. The summed E-state index contributed by atoms with van der Waals surface area (Å²) in [5, 5.41) is 0. The first kappa shape index (κ1) is 16.5. The number of rotatable bonds is 5. The van der Waals surface area contributed by atoms with Crippen molar-refractivity contribution in [1.29, 1.82) is 0 Å². The Kier molecular flexibility index (Phi) is 5.99. The second kappa shape index (κ2) is 7.97. The van der Waals surface area contributed by atoms with Crippen molar-refractivity contribution in [1.82, 2.24) is 0 Å². The average molecular weight is 304 g/mol. The normalized spacial score (nSPS) is 21.2. The van der Waals surface area contributed by atoms with Crippen LogP contribution in [0.2, 0.25) is 0 Å². The van der Waals surface area contributed by atoms with Gasteiger partial charge < -0.3 is 9.47 Å². The van der Waals surface area contributed by atoms with Crippen molar-refractivity contribution < 1.29 is 19.1 Å². The number of carbonyl (C=O) groups is 2. The Morgan fingerprint density at radius 3 is 2.09 bits per heavy atom. The van der Waals surface area contributed by atoms with Crippen LogP contribution in [-0.4, -0.2) is 26.2 Å². The topological polar surface area (TPSA) is 52.6 Å². The van der Waals surface area contributed by atoms with Crippen LogP contribution >= 0.6 is 0 Å². The molecule has 0 bridgehead atoms. The third-order valence-electron chi connectivity index (χ3n) is 4.56. The summed E-state index contributed by atoms with van der Waals surface area (Å²) in [6.07, 6.45) is 5.23. The van der Waals surface area contributed by atoms with E-state index in [-0.39, 0.29) is 11.9 Å². The van der Waals surface area contributed by atoms with Crippen LogP contribution in [-0.2, 0) is 25.5 Å². The van der Waals surface area contributed by atoms with Crippen molar-refractivity contribution in [2.24, 2.45) is 5.92 Å². The van der Waals surface area contributed by atoms with Gasteiger partial charge in [0.05, 0.1) is 20.6 Å². The maximum Gasteiger partial charge on any atom is 0.309 e. The highest BCUT2D eigenvalue weighted by atomic mass is 16.5. The van der Waals surface area contributed by atoms with Crippen molar-refractivity contribution in [2.45, 2.75) is 44.4 Å². The third-order valence-corrected chi connectivity index (χ3v) is 4.56. The Morgan fingerprint density at radius 1 is 0.955 bits per heavy atom. The molecule has 4 heteroatoms. The van der Waals surface area contributed by atoms with E-state index in [1.165, 1.54) is 19.8 Å². The lowest BCUT2D eigenvalue weighted by Crippen LogP contribution is -2.17. The molecule has 1 fully saturated rings. The molecule has 1 aliphatic rings. The number of carbonyl (C=O) groups excluding carboxylic acids is 2. The Morgan fingerprint density at radius 2 is 1.55 bits per heavy atom. The van der Waals surface area contributed by atoms with Crippen LogP contribution in [0.5, 0.6) is 0 Å². The van der Waals surface area contributed by atoms with E-state index >= 15 is 0 Å². The second-order valence-electron chi connectivity index (χ2n) is 5.99. The molecule has 0 heterocycles. The molecule has 4 nitrogen and oxygen atoms in total. The van der Waals surface area contributed by atoms with E-state index in [1.807, 2.05) is 12.1 Å². The Labute approximate surface area is 131 Å². The fraction of sp³-hybridized carbons (Fsp3) is 0.556. The number of methoxy groups -OCH3 is 2. The minimum Gasteiger partial charge on any atom is -0.469 e. The summed E-state index contributed by atoms with van der Waals surface area (Å²) in [7, 11) is 2.85. The lowest BCUT2D eigenvalue weighted by molar-refractivity contribution is -0.142. The van der Waals surface area contributed by atoms with Gasteiger partial charge >= 0.3 is 11.9 Å². The molecule has 0 saturated heterocycles. The van der Waals surface area contributed by atoms with Crippen LogP contribution in [0.3, 0.4) is 0 Å². The molecule has 0 radical (unpaired) electrons. The summed E-state index contributed by atoms with van der Waals surface area (Å²) in [6, 6.07) is 8.24. The minimum atomic E-state index is -0.212. The highest BCUT2D eigenvalue weighted by Crippen LogP contribution is 2.37. The predicted molar refractivity (Wildman–Crippen MR) is 83.5 cm³/mol. The Hall–Kier alpha value is -1.84. The first-order valence-electron chi connectivity index (χ1n) is 7.84. The largest absolute Gasteiger partial charge is 0.469 e. The van der Waals surface area contributed by atoms with Gasteiger partial charge in [-0.15, -0.1) is 0 Å². The smallest absolute Gasteiger partial charge is 0.309 e. The lowest BCUT2D eigenvalue weighted by atomic mass is 9.77. The number of esters is 2. The zero-order valence-corrected chi connectivity index (χ0v) is 13.3. The van der Waals surface area contributed by atoms with Gasteiger partial charge in [0.2, 0.25) is 0 Å². The quantitative estimate of drug-likeness (QED) is 0.784. The van der Waals surface area contributed by atoms with Gasteiger partial charge in [-0.1, -0.05) is 24.3 Å². The van der Waals surface area contributed by atoms with E-state index < -0.39 is 0 Å². The number of hydrogen-bond acceptors (Lipinski definition) is 4. The average Bonchev–Trinajstić information content (AvgIpc) is 2.56. The zero-order chi connectivity index (χ0) is 15.9. The highest BCUT2D eigenvalue weighted by Gasteiger charge is 2.24. The molecule has 1 saturated carbocycles. The SMILES string of the molecule is COC(=O)Cc1ccc(C2CCC(CC(=O)OC)CC2)cc1. The first-order valence-corrected chi connectivity index (χ1v) is 7.84. The maximum atomic E-state index is 11.3. The van der Waals surface area contributed by atoms with Crippen LogP contribution in [0.25, 0.3) is 0 Å². The number of hydrogen-bond donors (Lipinski definition) is 0. The van der Waals surface area contributed by atoms with Crippen LogP contribution in [0.15, 0.2) is 24.3 Å². The van der Waals surface area contributed by atoms with E-state index in [0.717, 1.165) is 31.2 Å². The third kappa shape index (κ3) is 4.58. The van der Waals surface area contributed by atoms with Gasteiger partial charge in [-0.3, -0.25) is 9.59 Å². The van der Waals surface area contributed by atoms with Gasteiger partial charge in [0, 0.05) is 6.42 Å². The van der Waals surface area contributed by atoms with Gasteiger partial charge in [0.25, 0.3) is 0 Å². The summed E-state index contributed by atoms with van der Waals surface area (Å²) in [5.41, 5.74) is 2.31. The van der Waals surface area contributed by atoms with Crippen molar-refractivity contribution in [2.75, 3.05) is 14.2 Å². The number of benzene rings is 1. The van der Waals surface area contributed by atoms with Gasteiger partial charge in [0.15, 0.2) is 0 Å². The molecule has 1 aromatic rings. The van der Waals surface area contributed by atoms with Crippen molar-refractivity contribution in [3.05, 3.63) is 35.4 Å². The molecular weight excluding hydrogens is 280 g/mol. The van der Waals surface area contributed by atoms with Crippen molar-refractivity contribution >= 4 is 11.9 Å². The predicted octanol–water partition coefficient (Wildman–Crippen LogP) is 3.24. The van der Waals surface area contributed by atoms with E-state index in [0.29, 0.717) is 24.7 Å². The minimum absolute atomic E-state index is 0.101. The summed E-state index contributed by atoms with van der Waals surface area (Å²) < 4.78 is 9.42. The summed E-state index contributed by atoms with van der Waals surface area (Å²) in [5.74, 6) is 0.704. The molecule has 1 aliphatic carbocycles. The molecule has 0 spiro atoms. The molecule has 0 atom stereocenters. The first-order chi connectivity index (χ1) is 10.6. The van der Waals surface area contributed by atoms with Crippen LogP contribution in [0.1, 0.15) is 49.1 Å². The van der Waals surface area contributed by atoms with Crippen LogP contribution in [0.4, 0.5) is 0 Å². The van der Waals surface area contributed by atoms with Gasteiger partial charge in [-0.05, 0) is 48.6 Å². The molecular formula is C18H24O4. The fourth-order valence-electron chi connectivity index (χ4n) is 3.17. The van der Waals surface area contributed by atoms with Crippen molar-refractivity contribution in [3.8, 4) is 0 Å². The molecule has 2 rings (SSSR count). The molecule has 0 aliphatic heterocycles. The summed E-state index contributed by atoms with van der Waals surface area (Å²) >= 11 is 0. The summed E-state index contributed by atoms with van der Waals surface area (Å²) in [4.78, 5) is 22.6. The van der Waals surface area contributed by atoms with E-state index in [9.17, 15) is 9.59 Å². The van der Waals surface area contributed by atoms with E-state index in [2.05, 4.69) is 16.9 Å². The fourth-order valence-corrected chi connectivity index (χ4v) is 3.17. The molecule has 0 unspecified atom stereocenters. The highest BCUT2D eigenvalue weighted by molar-refractivity contribution is 5.72. The molecule has 0 N–H and O–H groups in total. The monoisotopic (exact) mass is 304 g/mol. The van der Waals surface area contributed by atoms with Crippen LogP contribution < -0.4 is 0 Å². The maximum absolute atomic E-state index is 11.3. The van der Waals surface area contributed by atoms with Gasteiger partial charge in [0.1, 0.15) is 0 Å². The van der Waals surface area contributed by atoms with E-state index in [1.54, 1.807) is 0 Å².